The third-order valence-corrected chi connectivity index (χ3v) is 7.99. The Balaban J connectivity index is 1.59. The van der Waals surface area contributed by atoms with Crippen LogP contribution in [0.2, 0.25) is 0 Å². The number of carbonyl (C=O) groups excluding carboxylic acids is 2. The Labute approximate surface area is 187 Å². The molecule has 32 heavy (non-hydrogen) atoms. The van der Waals surface area contributed by atoms with E-state index in [1.807, 2.05) is 0 Å². The molecule has 9 heteroatoms. The van der Waals surface area contributed by atoms with Gasteiger partial charge in [0.15, 0.2) is 0 Å². The minimum Gasteiger partial charge on any atom is -0.325 e. The fourth-order valence-corrected chi connectivity index (χ4v) is 5.81. The molecule has 7 nitrogen and oxygen atoms in total. The zero-order chi connectivity index (χ0) is 23.1. The summed E-state index contributed by atoms with van der Waals surface area (Å²) < 4.78 is 40.8. The van der Waals surface area contributed by atoms with Crippen LogP contribution in [0.3, 0.4) is 0 Å². The van der Waals surface area contributed by atoms with E-state index < -0.39 is 27.2 Å². The molecule has 4 rings (SSSR count). The SMILES string of the molecule is CC1(C)C(=O)N(CC(=O)Nc2ccc(F)cc2)c2ccc(S(=O)(=O)N3CCCCC3)cc21. The van der Waals surface area contributed by atoms with E-state index in [1.165, 1.54) is 39.5 Å². The van der Waals surface area contributed by atoms with Crippen molar-refractivity contribution in [1.82, 2.24) is 4.31 Å². The molecule has 1 N–H and O–H groups in total. The molecule has 0 aromatic heterocycles. The van der Waals surface area contributed by atoms with Crippen LogP contribution in [0.1, 0.15) is 38.7 Å². The molecule has 0 radical (unpaired) electrons. The van der Waals surface area contributed by atoms with Crippen molar-refractivity contribution in [1.29, 1.82) is 0 Å². The van der Waals surface area contributed by atoms with Crippen molar-refractivity contribution < 1.29 is 22.4 Å². The van der Waals surface area contributed by atoms with Gasteiger partial charge in [-0.05, 0) is 74.7 Å². The van der Waals surface area contributed by atoms with Crippen molar-refractivity contribution in [2.45, 2.75) is 43.4 Å². The second-order valence-electron chi connectivity index (χ2n) is 8.72. The highest BCUT2D eigenvalue weighted by molar-refractivity contribution is 7.89. The third kappa shape index (κ3) is 4.02. The smallest absolute Gasteiger partial charge is 0.244 e. The molecule has 0 spiro atoms. The van der Waals surface area contributed by atoms with Crippen LogP contribution in [0.25, 0.3) is 0 Å². The number of amides is 2. The van der Waals surface area contributed by atoms with Crippen LogP contribution < -0.4 is 10.2 Å². The second kappa shape index (κ2) is 8.29. The molecule has 2 aliphatic rings. The van der Waals surface area contributed by atoms with E-state index in [4.69, 9.17) is 0 Å². The molecule has 1 saturated heterocycles. The maximum absolute atomic E-state index is 13.1. The lowest BCUT2D eigenvalue weighted by molar-refractivity contribution is -0.124. The average molecular weight is 460 g/mol. The van der Waals surface area contributed by atoms with Crippen LogP contribution in [0, 0.1) is 5.82 Å². The summed E-state index contributed by atoms with van der Waals surface area (Å²) in [5.74, 6) is -1.13. The van der Waals surface area contributed by atoms with Gasteiger partial charge in [-0.25, -0.2) is 12.8 Å². The second-order valence-corrected chi connectivity index (χ2v) is 10.7. The molecule has 2 aliphatic heterocycles. The monoisotopic (exact) mass is 459 g/mol. The van der Waals surface area contributed by atoms with Crippen LogP contribution in [0.5, 0.6) is 0 Å². The van der Waals surface area contributed by atoms with Crippen LogP contribution in [0.15, 0.2) is 47.4 Å². The predicted molar refractivity (Wildman–Crippen MR) is 119 cm³/mol. The molecule has 170 valence electrons. The normalized spacial score (nSPS) is 18.5. The lowest BCUT2D eigenvalue weighted by Gasteiger charge is -2.26. The number of anilines is 2. The number of hydrogen-bond donors (Lipinski definition) is 1. The Morgan fingerprint density at radius 1 is 1.06 bits per heavy atom. The zero-order valence-corrected chi connectivity index (χ0v) is 18.9. The van der Waals surface area contributed by atoms with Gasteiger partial charge in [-0.1, -0.05) is 6.42 Å². The predicted octanol–water partition coefficient (Wildman–Crippen LogP) is 3.26. The summed E-state index contributed by atoms with van der Waals surface area (Å²) in [6.07, 6.45) is 2.70. The van der Waals surface area contributed by atoms with Crippen molar-refractivity contribution in [3.63, 3.8) is 0 Å². The van der Waals surface area contributed by atoms with Crippen molar-refractivity contribution in [2.75, 3.05) is 29.9 Å². The summed E-state index contributed by atoms with van der Waals surface area (Å²) >= 11 is 0. The average Bonchev–Trinajstić information content (AvgIpc) is 2.96. The number of piperidine rings is 1. The van der Waals surface area contributed by atoms with Gasteiger partial charge in [-0.2, -0.15) is 4.31 Å². The summed E-state index contributed by atoms with van der Waals surface area (Å²) in [4.78, 5) is 27.2. The zero-order valence-electron chi connectivity index (χ0n) is 18.1. The molecule has 0 saturated carbocycles. The van der Waals surface area contributed by atoms with Gasteiger partial charge >= 0.3 is 0 Å². The molecule has 2 amide bonds. The van der Waals surface area contributed by atoms with E-state index in [1.54, 1.807) is 26.0 Å². The first-order valence-electron chi connectivity index (χ1n) is 10.6. The molecule has 2 aromatic carbocycles. The lowest BCUT2D eigenvalue weighted by atomic mass is 9.86. The number of hydrogen-bond acceptors (Lipinski definition) is 4. The highest BCUT2D eigenvalue weighted by Gasteiger charge is 2.45. The van der Waals surface area contributed by atoms with Crippen LogP contribution >= 0.6 is 0 Å². The van der Waals surface area contributed by atoms with Gasteiger partial charge in [0.05, 0.1) is 10.3 Å². The molecule has 1 fully saturated rings. The molecule has 2 heterocycles. The van der Waals surface area contributed by atoms with Crippen LogP contribution in [0.4, 0.5) is 15.8 Å². The fourth-order valence-electron chi connectivity index (χ4n) is 4.26. The van der Waals surface area contributed by atoms with Gasteiger partial charge in [0, 0.05) is 24.5 Å². The number of sulfonamides is 1. The number of nitrogens with one attached hydrogen (secondary N) is 1. The fraction of sp³-hybridized carbons (Fsp3) is 0.391. The minimum atomic E-state index is -3.64. The Hall–Kier alpha value is -2.78. The first-order valence-corrected chi connectivity index (χ1v) is 12.1. The van der Waals surface area contributed by atoms with Crippen molar-refractivity contribution in [3.8, 4) is 0 Å². The number of nitrogens with zero attached hydrogens (tertiary/aromatic N) is 2. The first-order chi connectivity index (χ1) is 15.1. The van der Waals surface area contributed by atoms with Crippen molar-refractivity contribution in [3.05, 3.63) is 53.8 Å². The minimum absolute atomic E-state index is 0.164. The van der Waals surface area contributed by atoms with E-state index in [0.717, 1.165) is 19.3 Å². The van der Waals surface area contributed by atoms with E-state index >= 15 is 0 Å². The highest BCUT2D eigenvalue weighted by atomic mass is 32.2. The summed E-state index contributed by atoms with van der Waals surface area (Å²) in [6.45, 7) is 4.21. The maximum atomic E-state index is 13.1. The molecule has 2 aromatic rings. The number of fused-ring (bicyclic) bond motifs is 1. The summed E-state index contributed by atoms with van der Waals surface area (Å²) in [5, 5.41) is 2.65. The molecule has 0 atom stereocenters. The van der Waals surface area contributed by atoms with Gasteiger partial charge in [-0.15, -0.1) is 0 Å². The maximum Gasteiger partial charge on any atom is 0.244 e. The van der Waals surface area contributed by atoms with E-state index in [2.05, 4.69) is 5.32 Å². The molecule has 0 bridgehead atoms. The summed E-state index contributed by atoms with van der Waals surface area (Å²) in [5.41, 5.74) is 0.548. The Morgan fingerprint density at radius 3 is 2.38 bits per heavy atom. The first kappa shape index (κ1) is 22.4. The molecular formula is C23H26FN3O4S. The number of halogens is 1. The molecular weight excluding hydrogens is 433 g/mol. The van der Waals surface area contributed by atoms with Gasteiger partial charge in [0.2, 0.25) is 21.8 Å². The Morgan fingerprint density at radius 2 is 1.72 bits per heavy atom. The topological polar surface area (TPSA) is 86.8 Å². The van der Waals surface area contributed by atoms with Gasteiger partial charge in [0.1, 0.15) is 12.4 Å². The third-order valence-electron chi connectivity index (χ3n) is 6.09. The Bertz CT molecular complexity index is 1160. The molecule has 0 aliphatic carbocycles. The Kier molecular flexibility index (Phi) is 5.81. The number of benzene rings is 2. The number of rotatable bonds is 5. The van der Waals surface area contributed by atoms with E-state index in [9.17, 15) is 22.4 Å². The number of carbonyl (C=O) groups is 2. The van der Waals surface area contributed by atoms with Gasteiger partial charge in [0.25, 0.3) is 0 Å². The van der Waals surface area contributed by atoms with Crippen molar-refractivity contribution in [2.24, 2.45) is 0 Å². The van der Waals surface area contributed by atoms with Gasteiger partial charge < -0.3 is 10.2 Å². The van der Waals surface area contributed by atoms with Crippen LogP contribution in [-0.4, -0.2) is 44.2 Å². The molecule has 0 unspecified atom stereocenters. The quantitative estimate of drug-likeness (QED) is 0.744. The van der Waals surface area contributed by atoms with Gasteiger partial charge in [-0.3, -0.25) is 9.59 Å². The standard InChI is InChI=1S/C23H26FN3O4S/c1-23(2)19-14-18(32(30,31)26-12-4-3-5-13-26)10-11-20(19)27(22(23)29)15-21(28)25-17-8-6-16(24)7-9-17/h6-11,14H,3-5,12-13,15H2,1-2H3,(H,25,28). The van der Waals surface area contributed by atoms with Crippen molar-refractivity contribution >= 4 is 33.2 Å². The summed E-state index contributed by atoms with van der Waals surface area (Å²) in [6, 6.07) is 10.0. The summed E-state index contributed by atoms with van der Waals surface area (Å²) in [7, 11) is -3.64. The van der Waals surface area contributed by atoms with E-state index in [0.29, 0.717) is 30.0 Å². The highest BCUT2D eigenvalue weighted by Crippen LogP contribution is 2.42. The largest absolute Gasteiger partial charge is 0.325 e. The lowest BCUT2D eigenvalue weighted by Crippen LogP contribution is -2.40. The van der Waals surface area contributed by atoms with E-state index in [-0.39, 0.29) is 17.3 Å². The van der Waals surface area contributed by atoms with Crippen LogP contribution in [-0.2, 0) is 25.0 Å².